The van der Waals surface area contributed by atoms with Crippen molar-refractivity contribution in [1.29, 1.82) is 0 Å². The molecule has 0 aromatic rings. The van der Waals surface area contributed by atoms with Gasteiger partial charge in [-0.15, -0.1) is 0 Å². The lowest BCUT2D eigenvalue weighted by Gasteiger charge is -2.27. The molecule has 1 fully saturated rings. The molecule has 1 N–H and O–H groups in total. The molecule has 0 aromatic heterocycles. The molecule has 0 aliphatic carbocycles. The standard InChI is InChI=1S/C10H22N2O3S/c1-10(2,3)11-16(13,14)9-6-12-4-7-15-8-5-12/h11H,4-9H2,1-3H3. The molecule has 1 aliphatic heterocycles. The van der Waals surface area contributed by atoms with E-state index in [9.17, 15) is 8.42 Å². The molecule has 1 rings (SSSR count). The molecule has 0 unspecified atom stereocenters. The quantitative estimate of drug-likeness (QED) is 0.765. The lowest BCUT2D eigenvalue weighted by atomic mass is 10.1. The first-order chi connectivity index (χ1) is 7.29. The minimum absolute atomic E-state index is 0.157. The molecule has 1 aliphatic rings. The molecule has 0 bridgehead atoms. The highest BCUT2D eigenvalue weighted by Gasteiger charge is 2.21. The third kappa shape index (κ3) is 5.79. The number of sulfonamides is 1. The number of ether oxygens (including phenoxy) is 1. The van der Waals surface area contributed by atoms with Crippen molar-refractivity contribution in [3.8, 4) is 0 Å². The molecule has 0 radical (unpaired) electrons. The van der Waals surface area contributed by atoms with Gasteiger partial charge < -0.3 is 4.74 Å². The predicted molar refractivity (Wildman–Crippen MR) is 63.9 cm³/mol. The van der Waals surface area contributed by atoms with Crippen molar-refractivity contribution in [3.05, 3.63) is 0 Å². The van der Waals surface area contributed by atoms with E-state index in [0.29, 0.717) is 19.8 Å². The van der Waals surface area contributed by atoms with E-state index < -0.39 is 15.6 Å². The van der Waals surface area contributed by atoms with Gasteiger partial charge in [-0.2, -0.15) is 0 Å². The summed E-state index contributed by atoms with van der Waals surface area (Å²) in [5.74, 6) is 0.157. The molecule has 0 aromatic carbocycles. The highest BCUT2D eigenvalue weighted by atomic mass is 32.2. The van der Waals surface area contributed by atoms with Gasteiger partial charge in [0.25, 0.3) is 0 Å². The Morgan fingerprint density at radius 2 is 1.81 bits per heavy atom. The van der Waals surface area contributed by atoms with Crippen LogP contribution >= 0.6 is 0 Å². The minimum atomic E-state index is -3.17. The lowest BCUT2D eigenvalue weighted by Crippen LogP contribution is -2.45. The summed E-state index contributed by atoms with van der Waals surface area (Å²) in [6.07, 6.45) is 0. The first-order valence-corrected chi connectivity index (χ1v) is 7.25. The van der Waals surface area contributed by atoms with Gasteiger partial charge in [-0.1, -0.05) is 0 Å². The highest BCUT2D eigenvalue weighted by molar-refractivity contribution is 7.89. The molecule has 0 atom stereocenters. The largest absolute Gasteiger partial charge is 0.379 e. The molecule has 16 heavy (non-hydrogen) atoms. The van der Waals surface area contributed by atoms with Crippen LogP contribution in [0.25, 0.3) is 0 Å². The topological polar surface area (TPSA) is 58.6 Å². The van der Waals surface area contributed by atoms with Crippen LogP contribution in [0.5, 0.6) is 0 Å². The van der Waals surface area contributed by atoms with Gasteiger partial charge in [-0.3, -0.25) is 4.90 Å². The van der Waals surface area contributed by atoms with E-state index in [1.165, 1.54) is 0 Å². The third-order valence-electron chi connectivity index (χ3n) is 2.24. The smallest absolute Gasteiger partial charge is 0.213 e. The second kappa shape index (κ2) is 5.44. The molecular formula is C10H22N2O3S. The minimum Gasteiger partial charge on any atom is -0.379 e. The van der Waals surface area contributed by atoms with Crippen molar-refractivity contribution in [3.63, 3.8) is 0 Å². The third-order valence-corrected chi connectivity index (χ3v) is 3.89. The number of morpholine rings is 1. The van der Waals surface area contributed by atoms with E-state index in [1.807, 2.05) is 20.8 Å². The van der Waals surface area contributed by atoms with Crippen LogP contribution < -0.4 is 4.72 Å². The predicted octanol–water partition coefficient (Wildman–Crippen LogP) is 0.0365. The van der Waals surface area contributed by atoms with Gasteiger partial charge in [0.1, 0.15) is 0 Å². The summed E-state index contributed by atoms with van der Waals surface area (Å²) >= 11 is 0. The Balaban J connectivity index is 2.35. The van der Waals surface area contributed by atoms with E-state index in [0.717, 1.165) is 13.1 Å². The van der Waals surface area contributed by atoms with Crippen molar-refractivity contribution in [2.24, 2.45) is 0 Å². The van der Waals surface area contributed by atoms with Crippen molar-refractivity contribution in [2.45, 2.75) is 26.3 Å². The maximum Gasteiger partial charge on any atom is 0.213 e. The van der Waals surface area contributed by atoms with Crippen molar-refractivity contribution >= 4 is 10.0 Å². The Kier molecular flexibility index (Phi) is 4.73. The molecule has 5 nitrogen and oxygen atoms in total. The zero-order valence-corrected chi connectivity index (χ0v) is 11.1. The summed E-state index contributed by atoms with van der Waals surface area (Å²) in [6, 6.07) is 0. The van der Waals surface area contributed by atoms with Crippen molar-refractivity contribution in [1.82, 2.24) is 9.62 Å². The monoisotopic (exact) mass is 250 g/mol. The van der Waals surface area contributed by atoms with E-state index in [1.54, 1.807) is 0 Å². The maximum absolute atomic E-state index is 11.7. The van der Waals surface area contributed by atoms with Gasteiger partial charge in [-0.25, -0.2) is 13.1 Å². The summed E-state index contributed by atoms with van der Waals surface area (Å²) in [6.45, 7) is 9.17. The van der Waals surface area contributed by atoms with Crippen LogP contribution in [0.3, 0.4) is 0 Å². The van der Waals surface area contributed by atoms with Crippen LogP contribution in [0.2, 0.25) is 0 Å². The van der Waals surface area contributed by atoms with Gasteiger partial charge in [0, 0.05) is 25.2 Å². The molecular weight excluding hydrogens is 228 g/mol. The fourth-order valence-corrected chi connectivity index (χ4v) is 3.13. The number of nitrogens with one attached hydrogen (secondary N) is 1. The number of hydrogen-bond acceptors (Lipinski definition) is 4. The van der Waals surface area contributed by atoms with Gasteiger partial charge in [0.15, 0.2) is 0 Å². The van der Waals surface area contributed by atoms with Crippen molar-refractivity contribution < 1.29 is 13.2 Å². The van der Waals surface area contributed by atoms with Gasteiger partial charge in [0.05, 0.1) is 19.0 Å². The second-order valence-electron chi connectivity index (χ2n) is 5.12. The molecule has 1 heterocycles. The van der Waals surface area contributed by atoms with E-state index in [-0.39, 0.29) is 5.75 Å². The Morgan fingerprint density at radius 1 is 1.25 bits per heavy atom. The SMILES string of the molecule is CC(C)(C)NS(=O)(=O)CCN1CCOCC1. The second-order valence-corrected chi connectivity index (χ2v) is 6.97. The van der Waals surface area contributed by atoms with Crippen LogP contribution in [-0.2, 0) is 14.8 Å². The summed E-state index contributed by atoms with van der Waals surface area (Å²) in [7, 11) is -3.17. The van der Waals surface area contributed by atoms with Crippen molar-refractivity contribution in [2.75, 3.05) is 38.6 Å². The summed E-state index contributed by atoms with van der Waals surface area (Å²) in [4.78, 5) is 2.12. The van der Waals surface area contributed by atoms with Crippen LogP contribution in [-0.4, -0.2) is 57.5 Å². The lowest BCUT2D eigenvalue weighted by molar-refractivity contribution is 0.0407. The molecule has 96 valence electrons. The molecule has 0 amide bonds. The summed E-state index contributed by atoms with van der Waals surface area (Å²) < 4.78 is 31.3. The zero-order valence-electron chi connectivity index (χ0n) is 10.3. The average molecular weight is 250 g/mol. The summed E-state index contributed by atoms with van der Waals surface area (Å²) in [5.41, 5.74) is -0.399. The number of nitrogens with zero attached hydrogens (tertiary/aromatic N) is 1. The Hall–Kier alpha value is -0.170. The Bertz CT molecular complexity index is 303. The maximum atomic E-state index is 11.7. The molecule has 0 saturated carbocycles. The van der Waals surface area contributed by atoms with E-state index >= 15 is 0 Å². The molecule has 6 heteroatoms. The van der Waals surface area contributed by atoms with Crippen LogP contribution in [0.4, 0.5) is 0 Å². The fourth-order valence-electron chi connectivity index (χ4n) is 1.59. The van der Waals surface area contributed by atoms with Gasteiger partial charge >= 0.3 is 0 Å². The molecule has 1 saturated heterocycles. The number of hydrogen-bond donors (Lipinski definition) is 1. The van der Waals surface area contributed by atoms with Crippen LogP contribution in [0, 0.1) is 0 Å². The van der Waals surface area contributed by atoms with Crippen LogP contribution in [0.1, 0.15) is 20.8 Å². The first-order valence-electron chi connectivity index (χ1n) is 5.60. The zero-order chi connectivity index (χ0) is 12.2. The molecule has 0 spiro atoms. The van der Waals surface area contributed by atoms with E-state index in [2.05, 4.69) is 9.62 Å². The normalized spacial score (nSPS) is 19.9. The Labute approximate surface area is 98.2 Å². The van der Waals surface area contributed by atoms with E-state index in [4.69, 9.17) is 4.74 Å². The van der Waals surface area contributed by atoms with Gasteiger partial charge in [-0.05, 0) is 20.8 Å². The first kappa shape index (κ1) is 13.9. The van der Waals surface area contributed by atoms with Gasteiger partial charge in [0.2, 0.25) is 10.0 Å². The Morgan fingerprint density at radius 3 is 2.31 bits per heavy atom. The average Bonchev–Trinajstić information content (AvgIpc) is 2.13. The highest BCUT2D eigenvalue weighted by Crippen LogP contribution is 2.03. The number of rotatable bonds is 4. The van der Waals surface area contributed by atoms with Crippen LogP contribution in [0.15, 0.2) is 0 Å². The summed E-state index contributed by atoms with van der Waals surface area (Å²) in [5, 5.41) is 0. The fraction of sp³-hybridized carbons (Fsp3) is 1.00.